The molecule has 0 aliphatic heterocycles. The van der Waals surface area contributed by atoms with Crippen molar-refractivity contribution in [3.05, 3.63) is 11.3 Å². The highest BCUT2D eigenvalue weighted by Gasteiger charge is 2.21. The van der Waals surface area contributed by atoms with E-state index in [0.29, 0.717) is 6.42 Å². The first-order valence-corrected chi connectivity index (χ1v) is 12.0. The van der Waals surface area contributed by atoms with Crippen LogP contribution in [0.5, 0.6) is 0 Å². The van der Waals surface area contributed by atoms with Crippen LogP contribution in [0.2, 0.25) is 0 Å². The summed E-state index contributed by atoms with van der Waals surface area (Å²) in [5.74, 6) is -1.33. The van der Waals surface area contributed by atoms with E-state index in [9.17, 15) is 9.36 Å². The van der Waals surface area contributed by atoms with Crippen LogP contribution in [0.1, 0.15) is 110 Å². The Morgan fingerprint density at radius 3 is 1.48 bits per heavy atom. The lowest BCUT2D eigenvalue weighted by Gasteiger charge is -2.12. The molecule has 0 aromatic rings. The van der Waals surface area contributed by atoms with E-state index in [1.54, 1.807) is 0 Å². The molecule has 7 heteroatoms. The first-order chi connectivity index (χ1) is 12.8. The summed E-state index contributed by atoms with van der Waals surface area (Å²) in [4.78, 5) is 28.8. The van der Waals surface area contributed by atoms with Crippen molar-refractivity contribution in [2.75, 3.05) is 0 Å². The van der Waals surface area contributed by atoms with Crippen molar-refractivity contribution in [3.63, 3.8) is 0 Å². The fraction of sp³-hybridized carbons (Fsp3) is 0.850. The molecule has 0 aliphatic carbocycles. The van der Waals surface area contributed by atoms with Crippen molar-refractivity contribution in [1.82, 2.24) is 0 Å². The molecule has 27 heavy (non-hydrogen) atoms. The van der Waals surface area contributed by atoms with E-state index in [4.69, 9.17) is 14.9 Å². The van der Waals surface area contributed by atoms with Crippen molar-refractivity contribution in [3.8, 4) is 0 Å². The van der Waals surface area contributed by atoms with Crippen molar-refractivity contribution in [1.29, 1.82) is 0 Å². The van der Waals surface area contributed by atoms with E-state index in [-0.39, 0.29) is 17.8 Å². The Balaban J connectivity index is 3.70. The standard InChI is InChI=1S/C20H39O6P/c1-3-4-5-6-7-8-9-10-11-12-13-14-15-16-17-19(18(2)20(21)22)26-27(23,24)25/h3-17H2,1-2H3,(H,21,22)(H2,23,24,25). The minimum atomic E-state index is -4.72. The molecule has 160 valence electrons. The van der Waals surface area contributed by atoms with Crippen molar-refractivity contribution >= 4 is 13.8 Å². The minimum absolute atomic E-state index is 0.116. The smallest absolute Gasteiger partial charge is 0.478 e. The second-order valence-electron chi connectivity index (χ2n) is 7.28. The summed E-state index contributed by atoms with van der Waals surface area (Å²) in [6.45, 7) is 3.54. The third-order valence-corrected chi connectivity index (χ3v) is 5.18. The van der Waals surface area contributed by atoms with Gasteiger partial charge in [0.15, 0.2) is 0 Å². The van der Waals surface area contributed by atoms with E-state index in [1.165, 1.54) is 71.1 Å². The van der Waals surface area contributed by atoms with Crippen molar-refractivity contribution in [2.45, 2.75) is 110 Å². The number of allylic oxidation sites excluding steroid dienone is 1. The number of rotatable bonds is 18. The minimum Gasteiger partial charge on any atom is -0.478 e. The third kappa shape index (κ3) is 17.0. The molecule has 0 aromatic heterocycles. The van der Waals surface area contributed by atoms with Gasteiger partial charge in [0.05, 0.1) is 5.57 Å². The van der Waals surface area contributed by atoms with Crippen LogP contribution in [-0.2, 0) is 13.9 Å². The van der Waals surface area contributed by atoms with Gasteiger partial charge in [-0.15, -0.1) is 0 Å². The largest absolute Gasteiger partial charge is 0.524 e. The Morgan fingerprint density at radius 2 is 1.15 bits per heavy atom. The predicted octanol–water partition coefficient (Wildman–Crippen LogP) is 6.33. The highest BCUT2D eigenvalue weighted by Crippen LogP contribution is 2.41. The zero-order chi connectivity index (χ0) is 20.5. The van der Waals surface area contributed by atoms with Gasteiger partial charge < -0.3 is 9.63 Å². The van der Waals surface area contributed by atoms with Crippen LogP contribution >= 0.6 is 7.82 Å². The first-order valence-electron chi connectivity index (χ1n) is 10.5. The van der Waals surface area contributed by atoms with Crippen LogP contribution in [0, 0.1) is 0 Å². The van der Waals surface area contributed by atoms with Crippen LogP contribution in [0.4, 0.5) is 0 Å². The number of phosphoric acid groups is 1. The Labute approximate surface area is 164 Å². The van der Waals surface area contributed by atoms with Crippen LogP contribution < -0.4 is 0 Å². The number of aliphatic carboxylic acids is 1. The molecule has 0 radical (unpaired) electrons. The maximum Gasteiger partial charge on any atom is 0.524 e. The number of carboxylic acid groups (broad SMARTS) is 1. The molecular weight excluding hydrogens is 367 g/mol. The van der Waals surface area contributed by atoms with Gasteiger partial charge in [-0.25, -0.2) is 9.36 Å². The highest BCUT2D eigenvalue weighted by atomic mass is 31.2. The molecule has 0 rings (SSSR count). The molecule has 0 heterocycles. The molecule has 0 saturated heterocycles. The summed E-state index contributed by atoms with van der Waals surface area (Å²) in [6, 6.07) is 0. The normalized spacial score (nSPS) is 12.7. The van der Waals surface area contributed by atoms with Crippen LogP contribution in [-0.4, -0.2) is 20.9 Å². The second kappa shape index (κ2) is 16.1. The summed E-state index contributed by atoms with van der Waals surface area (Å²) in [7, 11) is -4.72. The molecule has 3 N–H and O–H groups in total. The first kappa shape index (κ1) is 26.2. The average Bonchev–Trinajstić information content (AvgIpc) is 2.59. The quantitative estimate of drug-likeness (QED) is 0.106. The zero-order valence-corrected chi connectivity index (χ0v) is 18.0. The maximum absolute atomic E-state index is 11.0. The summed E-state index contributed by atoms with van der Waals surface area (Å²) in [6.07, 6.45) is 17.2. The topological polar surface area (TPSA) is 104 Å². The molecule has 0 aromatic carbocycles. The lowest BCUT2D eigenvalue weighted by atomic mass is 10.0. The number of carboxylic acids is 1. The van der Waals surface area contributed by atoms with Gasteiger partial charge in [0.2, 0.25) is 0 Å². The van der Waals surface area contributed by atoms with Gasteiger partial charge >= 0.3 is 13.8 Å². The van der Waals surface area contributed by atoms with E-state index >= 15 is 0 Å². The van der Waals surface area contributed by atoms with Gasteiger partial charge in [0.25, 0.3) is 0 Å². The molecule has 0 aliphatic rings. The third-order valence-electron chi connectivity index (χ3n) is 4.73. The molecule has 0 saturated carbocycles. The summed E-state index contributed by atoms with van der Waals surface area (Å²) in [5.41, 5.74) is -0.145. The van der Waals surface area contributed by atoms with E-state index in [2.05, 4.69) is 11.4 Å². The van der Waals surface area contributed by atoms with E-state index in [1.807, 2.05) is 0 Å². The van der Waals surface area contributed by atoms with E-state index in [0.717, 1.165) is 19.3 Å². The van der Waals surface area contributed by atoms with Gasteiger partial charge in [-0.3, -0.25) is 9.79 Å². The fourth-order valence-corrected chi connectivity index (χ4v) is 3.56. The molecule has 0 unspecified atom stereocenters. The summed E-state index contributed by atoms with van der Waals surface area (Å²) in [5, 5.41) is 8.97. The van der Waals surface area contributed by atoms with Gasteiger partial charge in [0, 0.05) is 6.42 Å². The van der Waals surface area contributed by atoms with Gasteiger partial charge in [0.1, 0.15) is 5.76 Å². The monoisotopic (exact) mass is 406 g/mol. The average molecular weight is 407 g/mol. The molecule has 6 nitrogen and oxygen atoms in total. The Kier molecular flexibility index (Phi) is 15.6. The number of phosphoric ester groups is 1. The molecule has 0 spiro atoms. The van der Waals surface area contributed by atoms with Gasteiger partial charge in [-0.05, 0) is 13.3 Å². The molecule has 0 atom stereocenters. The molecule has 0 bridgehead atoms. The zero-order valence-electron chi connectivity index (χ0n) is 17.1. The van der Waals surface area contributed by atoms with Crippen molar-refractivity contribution in [2.24, 2.45) is 0 Å². The van der Waals surface area contributed by atoms with Crippen LogP contribution in [0.25, 0.3) is 0 Å². The summed E-state index contributed by atoms with van der Waals surface area (Å²) < 4.78 is 15.5. The Hall–Kier alpha value is -0.840. The van der Waals surface area contributed by atoms with Crippen molar-refractivity contribution < 1.29 is 28.8 Å². The second-order valence-corrected chi connectivity index (χ2v) is 8.45. The number of unbranched alkanes of at least 4 members (excludes halogenated alkanes) is 13. The van der Waals surface area contributed by atoms with Crippen LogP contribution in [0.3, 0.4) is 0 Å². The van der Waals surface area contributed by atoms with E-state index < -0.39 is 13.8 Å². The highest BCUT2D eigenvalue weighted by molar-refractivity contribution is 7.46. The SMILES string of the molecule is CCCCCCCCCCCCCCCCC(OP(=O)(O)O)=C(C)C(=O)O. The number of hydrogen-bond donors (Lipinski definition) is 3. The predicted molar refractivity (Wildman–Crippen MR) is 108 cm³/mol. The Morgan fingerprint density at radius 1 is 0.778 bits per heavy atom. The Bertz CT molecular complexity index is 469. The lowest BCUT2D eigenvalue weighted by molar-refractivity contribution is -0.132. The van der Waals surface area contributed by atoms with Crippen LogP contribution in [0.15, 0.2) is 11.3 Å². The summed E-state index contributed by atoms with van der Waals surface area (Å²) >= 11 is 0. The fourth-order valence-electron chi connectivity index (χ4n) is 3.04. The van der Waals surface area contributed by atoms with Gasteiger partial charge in [-0.1, -0.05) is 90.4 Å². The molecule has 0 amide bonds. The van der Waals surface area contributed by atoms with Gasteiger partial charge in [-0.2, -0.15) is 0 Å². The molecule has 0 fully saturated rings. The number of carbonyl (C=O) groups is 1. The number of hydrogen-bond acceptors (Lipinski definition) is 3. The lowest BCUT2D eigenvalue weighted by Crippen LogP contribution is -2.04. The maximum atomic E-state index is 11.0. The molecular formula is C20H39O6P.